The van der Waals surface area contributed by atoms with E-state index in [0.717, 1.165) is 33.7 Å². The maximum atomic E-state index is 13.7. The average Bonchev–Trinajstić information content (AvgIpc) is 3.52. The number of aliphatic hydroxyl groups is 1. The monoisotopic (exact) mass is 675 g/mol. The number of ketones is 1. The van der Waals surface area contributed by atoms with E-state index in [9.17, 15) is 19.5 Å². The minimum Gasteiger partial charge on any atom is -0.444 e. The predicted octanol–water partition coefficient (Wildman–Crippen LogP) is 5.77. The number of hydrogen-bond donors (Lipinski definition) is 3. The normalized spacial score (nSPS) is 14.5. The van der Waals surface area contributed by atoms with Crippen LogP contribution in [0.5, 0.6) is 0 Å². The van der Waals surface area contributed by atoms with Gasteiger partial charge < -0.3 is 25.4 Å². The minimum atomic E-state index is -1.01. The zero-order valence-corrected chi connectivity index (χ0v) is 27.8. The first kappa shape index (κ1) is 34.2. The highest BCUT2D eigenvalue weighted by molar-refractivity contribution is 7.09. The lowest BCUT2D eigenvalue weighted by Gasteiger charge is -2.26. The Morgan fingerprint density at radius 1 is 0.872 bits per heavy atom. The predicted molar refractivity (Wildman–Crippen MR) is 182 cm³/mol. The van der Waals surface area contributed by atoms with Crippen LogP contribution >= 0.6 is 22.7 Å². The number of nitrogens with zero attached hydrogens (tertiary/aromatic N) is 3. The zero-order valence-electron chi connectivity index (χ0n) is 26.2. The van der Waals surface area contributed by atoms with Crippen LogP contribution in [0.3, 0.4) is 0 Å². The summed E-state index contributed by atoms with van der Waals surface area (Å²) in [5.41, 5.74) is 5.60. The Morgan fingerprint density at radius 2 is 1.51 bits per heavy atom. The van der Waals surface area contributed by atoms with Gasteiger partial charge in [-0.05, 0) is 55.6 Å². The molecule has 0 spiro atoms. The molecule has 5 rings (SSSR count). The first-order valence-corrected chi connectivity index (χ1v) is 17.7. The molecule has 12 heteroatoms. The molecule has 0 aliphatic heterocycles. The Labute approximate surface area is 283 Å². The lowest BCUT2D eigenvalue weighted by Crippen LogP contribution is -2.50. The van der Waals surface area contributed by atoms with Crippen LogP contribution in [0.2, 0.25) is 0 Å². The molecule has 1 aliphatic rings. The van der Waals surface area contributed by atoms with E-state index in [0.29, 0.717) is 32.2 Å². The number of amides is 3. The minimum absolute atomic E-state index is 0.0825. The summed E-state index contributed by atoms with van der Waals surface area (Å²) in [6.45, 7) is 0.0917. The highest BCUT2D eigenvalue weighted by atomic mass is 32.1. The number of aromatic nitrogens is 2. The first-order chi connectivity index (χ1) is 23.0. The van der Waals surface area contributed by atoms with E-state index in [-0.39, 0.29) is 42.8 Å². The van der Waals surface area contributed by atoms with Gasteiger partial charge in [0.25, 0.3) is 0 Å². The second-order valence-electron chi connectivity index (χ2n) is 11.9. The lowest BCUT2D eigenvalue weighted by molar-refractivity contribution is -0.122. The molecule has 3 N–H and O–H groups in total. The molecule has 0 unspecified atom stereocenters. The van der Waals surface area contributed by atoms with Crippen molar-refractivity contribution in [1.82, 2.24) is 25.5 Å². The standard InChI is InChI=1S/C35H41N5O5S2/c41-21-32(39-34(43)40(29-13-14-29)20-30-18-36-23-46-30)33(42)17-27(15-25-7-3-1-4-8-25)11-12-28(16-26-9-5-2-6-10-26)38-35(44)45-22-31-19-37-24-47-31/h1-10,18-19,23-24,27-29,32,41H,11-17,20-22H2,(H,38,44)(H,39,43)/t27-,28-,32+/m1/s1. The number of nitrogens with one attached hydrogen (secondary N) is 2. The highest BCUT2D eigenvalue weighted by Gasteiger charge is 2.35. The third-order valence-electron chi connectivity index (χ3n) is 8.18. The van der Waals surface area contributed by atoms with E-state index in [2.05, 4.69) is 20.6 Å². The molecule has 10 nitrogen and oxygen atoms in total. The number of carbonyl (C=O) groups is 3. The molecule has 4 aromatic rings. The first-order valence-electron chi connectivity index (χ1n) is 15.9. The number of rotatable bonds is 18. The van der Waals surface area contributed by atoms with Gasteiger partial charge in [-0.1, -0.05) is 60.7 Å². The zero-order chi connectivity index (χ0) is 32.8. The van der Waals surface area contributed by atoms with Crippen molar-refractivity contribution >= 4 is 40.6 Å². The Morgan fingerprint density at radius 3 is 2.11 bits per heavy atom. The number of alkyl carbamates (subject to hydrolysis) is 1. The van der Waals surface area contributed by atoms with Gasteiger partial charge >= 0.3 is 12.1 Å². The van der Waals surface area contributed by atoms with Gasteiger partial charge in [-0.15, -0.1) is 22.7 Å². The van der Waals surface area contributed by atoms with Gasteiger partial charge in [0.05, 0.1) is 29.0 Å². The molecule has 2 aromatic carbocycles. The van der Waals surface area contributed by atoms with E-state index < -0.39 is 18.7 Å². The van der Waals surface area contributed by atoms with Crippen LogP contribution < -0.4 is 10.6 Å². The second-order valence-corrected chi connectivity index (χ2v) is 13.8. The van der Waals surface area contributed by atoms with Crippen LogP contribution in [0.4, 0.5) is 9.59 Å². The summed E-state index contributed by atoms with van der Waals surface area (Å²) in [5.74, 6) is -0.298. The van der Waals surface area contributed by atoms with E-state index in [1.54, 1.807) is 28.3 Å². The van der Waals surface area contributed by atoms with Gasteiger partial charge in [-0.2, -0.15) is 0 Å². The topological polar surface area (TPSA) is 134 Å². The van der Waals surface area contributed by atoms with Crippen molar-refractivity contribution in [2.24, 2.45) is 5.92 Å². The number of thiazole rings is 2. The van der Waals surface area contributed by atoms with E-state index in [1.165, 1.54) is 22.7 Å². The molecule has 1 aliphatic carbocycles. The van der Waals surface area contributed by atoms with E-state index in [4.69, 9.17) is 4.74 Å². The molecule has 1 fully saturated rings. The molecular formula is C35H41N5O5S2. The molecule has 248 valence electrons. The largest absolute Gasteiger partial charge is 0.444 e. The van der Waals surface area contributed by atoms with Gasteiger partial charge in [0.2, 0.25) is 0 Å². The highest BCUT2D eigenvalue weighted by Crippen LogP contribution is 2.29. The summed E-state index contributed by atoms with van der Waals surface area (Å²) in [5, 5.41) is 16.1. The summed E-state index contributed by atoms with van der Waals surface area (Å²) in [6.07, 6.45) is 7.42. The molecular weight excluding hydrogens is 635 g/mol. The molecule has 0 bridgehead atoms. The van der Waals surface area contributed by atoms with Crippen LogP contribution in [-0.2, 0) is 35.5 Å². The number of Topliss-reactive ketones (excluding diaryl/α,β-unsaturated/α-hetero) is 1. The van der Waals surface area contributed by atoms with Crippen molar-refractivity contribution in [3.63, 3.8) is 0 Å². The Kier molecular flexibility index (Phi) is 12.9. The fourth-order valence-electron chi connectivity index (χ4n) is 5.57. The van der Waals surface area contributed by atoms with E-state index >= 15 is 0 Å². The summed E-state index contributed by atoms with van der Waals surface area (Å²) in [6, 6.07) is 18.4. The van der Waals surface area contributed by atoms with Crippen LogP contribution in [0.15, 0.2) is 84.1 Å². The van der Waals surface area contributed by atoms with Crippen LogP contribution in [-0.4, -0.2) is 62.6 Å². The summed E-state index contributed by atoms with van der Waals surface area (Å²) in [7, 11) is 0. The SMILES string of the molecule is O=C(N[C@H](CC[C@@H](CC(=O)[C@H](CO)NC(=O)N(Cc1cncs1)C1CC1)Cc1ccccc1)Cc1ccccc1)OCc1cncs1. The van der Waals surface area contributed by atoms with Crippen molar-refractivity contribution in [3.8, 4) is 0 Å². The third kappa shape index (κ3) is 11.3. The van der Waals surface area contributed by atoms with Crippen molar-refractivity contribution in [2.75, 3.05) is 6.61 Å². The lowest BCUT2D eigenvalue weighted by atomic mass is 9.86. The van der Waals surface area contributed by atoms with Crippen molar-refractivity contribution in [2.45, 2.75) is 76.2 Å². The summed E-state index contributed by atoms with van der Waals surface area (Å²) >= 11 is 2.91. The quantitative estimate of drug-likeness (QED) is 0.122. The number of benzene rings is 2. The molecule has 47 heavy (non-hydrogen) atoms. The summed E-state index contributed by atoms with van der Waals surface area (Å²) in [4.78, 5) is 51.5. The smallest absolute Gasteiger partial charge is 0.407 e. The van der Waals surface area contributed by atoms with Crippen LogP contribution in [0, 0.1) is 5.92 Å². The van der Waals surface area contributed by atoms with Gasteiger partial charge in [0, 0.05) is 35.8 Å². The summed E-state index contributed by atoms with van der Waals surface area (Å²) < 4.78 is 5.47. The molecule has 3 atom stereocenters. The Hall–Kier alpha value is -4.13. The van der Waals surface area contributed by atoms with Crippen LogP contribution in [0.25, 0.3) is 0 Å². The fourth-order valence-corrected chi connectivity index (χ4v) is 6.67. The van der Waals surface area contributed by atoms with Gasteiger partial charge in [0.15, 0.2) is 5.78 Å². The Balaban J connectivity index is 1.23. The number of hydrogen-bond acceptors (Lipinski definition) is 9. The fraction of sp³-hybridized carbons (Fsp3) is 0.400. The third-order valence-corrected chi connectivity index (χ3v) is 9.70. The van der Waals surface area contributed by atoms with Crippen molar-refractivity contribution in [3.05, 3.63) is 105 Å². The van der Waals surface area contributed by atoms with Crippen molar-refractivity contribution < 1.29 is 24.2 Å². The van der Waals surface area contributed by atoms with Crippen molar-refractivity contribution in [1.29, 1.82) is 0 Å². The Bertz CT molecular complexity index is 1520. The maximum absolute atomic E-state index is 13.7. The molecule has 2 aromatic heterocycles. The molecule has 0 radical (unpaired) electrons. The van der Waals surface area contributed by atoms with E-state index in [1.807, 2.05) is 60.7 Å². The van der Waals surface area contributed by atoms with Gasteiger partial charge in [-0.3, -0.25) is 14.8 Å². The number of carbonyl (C=O) groups excluding carboxylic acids is 3. The molecule has 2 heterocycles. The van der Waals surface area contributed by atoms with Gasteiger partial charge in [-0.25, -0.2) is 9.59 Å². The van der Waals surface area contributed by atoms with Gasteiger partial charge in [0.1, 0.15) is 12.6 Å². The second kappa shape index (κ2) is 17.7. The molecule has 1 saturated carbocycles. The number of aliphatic hydroxyl groups excluding tert-OH is 1. The molecule has 3 amide bonds. The van der Waals surface area contributed by atoms with Crippen LogP contribution in [0.1, 0.15) is 53.0 Å². The number of urea groups is 1. The average molecular weight is 676 g/mol. The maximum Gasteiger partial charge on any atom is 0.407 e. The number of ether oxygens (including phenoxy) is 1. The molecule has 0 saturated heterocycles.